The Balaban J connectivity index is 2.90. The number of nitro benzene ring substituents is 1. The number of hydrogen-bond donors (Lipinski definition) is 3. The Hall–Kier alpha value is -2.17. The molecule has 1 rings (SSSR count). The molecule has 3 N–H and O–H groups in total. The Labute approximate surface area is 103 Å². The molecule has 0 heterocycles. The average Bonchev–Trinajstić information content (AvgIpc) is 2.36. The van der Waals surface area contributed by atoms with Gasteiger partial charge in [-0.05, 0) is 19.1 Å². The van der Waals surface area contributed by atoms with Gasteiger partial charge >= 0.3 is 0 Å². The first kappa shape index (κ1) is 13.9. The van der Waals surface area contributed by atoms with Crippen LogP contribution in [0, 0.1) is 21.4 Å². The lowest BCUT2D eigenvalue weighted by atomic mass is 10.1. The molecule has 7 nitrogen and oxygen atoms in total. The average molecular weight is 251 g/mol. The van der Waals surface area contributed by atoms with Crippen molar-refractivity contribution in [2.45, 2.75) is 12.5 Å². The molecule has 0 aromatic heterocycles. The van der Waals surface area contributed by atoms with Gasteiger partial charge in [-0.25, -0.2) is 0 Å². The van der Waals surface area contributed by atoms with Crippen LogP contribution in [-0.2, 0) is 0 Å². The number of rotatable bonds is 5. The van der Waals surface area contributed by atoms with Gasteiger partial charge in [-0.2, -0.15) is 5.26 Å². The zero-order valence-electron chi connectivity index (χ0n) is 9.75. The number of anilines is 1. The number of aliphatic hydroxyl groups excluding tert-OH is 1. The normalized spacial score (nSPS) is 13.4. The van der Waals surface area contributed by atoms with Crippen molar-refractivity contribution >= 4 is 11.4 Å². The molecule has 1 aromatic carbocycles. The minimum Gasteiger partial charge on any atom is -0.393 e. The van der Waals surface area contributed by atoms with Crippen LogP contribution >= 0.6 is 0 Å². The van der Waals surface area contributed by atoms with Crippen LogP contribution in [0.1, 0.15) is 12.5 Å². The Bertz CT molecular complexity index is 494. The molecule has 96 valence electrons. The molecular formula is C11H13N3O4. The third-order valence-electron chi connectivity index (χ3n) is 2.33. The van der Waals surface area contributed by atoms with Crippen LogP contribution in [0.5, 0.6) is 0 Å². The van der Waals surface area contributed by atoms with Gasteiger partial charge in [0.2, 0.25) is 0 Å². The highest BCUT2D eigenvalue weighted by atomic mass is 16.6. The fourth-order valence-corrected chi connectivity index (χ4v) is 1.24. The number of nitriles is 1. The second-order valence-electron chi connectivity index (χ2n) is 4.11. The van der Waals surface area contributed by atoms with Crippen molar-refractivity contribution in [3.8, 4) is 6.07 Å². The van der Waals surface area contributed by atoms with E-state index in [1.807, 2.05) is 0 Å². The lowest BCUT2D eigenvalue weighted by Crippen LogP contribution is -2.37. The summed E-state index contributed by atoms with van der Waals surface area (Å²) in [7, 11) is 0. The third-order valence-corrected chi connectivity index (χ3v) is 2.33. The van der Waals surface area contributed by atoms with Crippen LogP contribution in [0.25, 0.3) is 0 Å². The highest BCUT2D eigenvalue weighted by molar-refractivity contribution is 5.59. The molecule has 0 aliphatic heterocycles. The van der Waals surface area contributed by atoms with E-state index < -0.39 is 17.1 Å². The molecule has 7 heteroatoms. The molecule has 0 bridgehead atoms. The fraction of sp³-hybridized carbons (Fsp3) is 0.364. The number of nitro groups is 1. The first-order chi connectivity index (χ1) is 8.39. The van der Waals surface area contributed by atoms with Gasteiger partial charge in [0.1, 0.15) is 17.2 Å². The minimum atomic E-state index is -1.32. The summed E-state index contributed by atoms with van der Waals surface area (Å²) in [4.78, 5) is 10.1. The van der Waals surface area contributed by atoms with Gasteiger partial charge in [-0.3, -0.25) is 10.1 Å². The molecule has 0 aliphatic rings. The van der Waals surface area contributed by atoms with Crippen molar-refractivity contribution in [3.05, 3.63) is 33.9 Å². The second kappa shape index (κ2) is 5.44. The quantitative estimate of drug-likeness (QED) is 0.521. The van der Waals surface area contributed by atoms with Crippen molar-refractivity contribution in [2.75, 3.05) is 18.5 Å². The van der Waals surface area contributed by atoms with E-state index in [2.05, 4.69) is 5.32 Å². The van der Waals surface area contributed by atoms with E-state index in [0.29, 0.717) is 5.69 Å². The molecule has 0 amide bonds. The lowest BCUT2D eigenvalue weighted by molar-refractivity contribution is -0.385. The Kier molecular flexibility index (Phi) is 4.20. The summed E-state index contributed by atoms with van der Waals surface area (Å²) in [5, 5.41) is 40.6. The number of benzene rings is 1. The molecule has 1 atom stereocenters. The SMILES string of the molecule is CC(O)(CO)CNc1ccc(C#N)c([N+](=O)[O-])c1. The van der Waals surface area contributed by atoms with Crippen molar-refractivity contribution in [2.24, 2.45) is 0 Å². The lowest BCUT2D eigenvalue weighted by Gasteiger charge is -2.21. The zero-order valence-corrected chi connectivity index (χ0v) is 9.75. The van der Waals surface area contributed by atoms with Crippen LogP contribution in [0.2, 0.25) is 0 Å². The molecule has 0 spiro atoms. The van der Waals surface area contributed by atoms with Gasteiger partial charge in [0.25, 0.3) is 5.69 Å². The largest absolute Gasteiger partial charge is 0.393 e. The smallest absolute Gasteiger partial charge is 0.289 e. The van der Waals surface area contributed by atoms with Gasteiger partial charge in [-0.15, -0.1) is 0 Å². The van der Waals surface area contributed by atoms with Crippen molar-refractivity contribution in [3.63, 3.8) is 0 Å². The first-order valence-corrected chi connectivity index (χ1v) is 5.15. The highest BCUT2D eigenvalue weighted by Gasteiger charge is 2.19. The summed E-state index contributed by atoms with van der Waals surface area (Å²) in [6.45, 7) is 1.03. The van der Waals surface area contributed by atoms with Gasteiger partial charge < -0.3 is 15.5 Å². The summed E-state index contributed by atoms with van der Waals surface area (Å²) in [5.41, 5.74) is -1.25. The van der Waals surface area contributed by atoms with E-state index >= 15 is 0 Å². The molecule has 1 aromatic rings. The maximum absolute atomic E-state index is 10.7. The van der Waals surface area contributed by atoms with Gasteiger partial charge in [0, 0.05) is 18.3 Å². The number of aliphatic hydroxyl groups is 2. The van der Waals surface area contributed by atoms with Crippen LogP contribution in [0.4, 0.5) is 11.4 Å². The van der Waals surface area contributed by atoms with E-state index in [0.717, 1.165) is 0 Å². The van der Waals surface area contributed by atoms with E-state index in [-0.39, 0.29) is 17.8 Å². The first-order valence-electron chi connectivity index (χ1n) is 5.15. The van der Waals surface area contributed by atoms with Gasteiger partial charge in [0.05, 0.1) is 11.5 Å². The summed E-state index contributed by atoms with van der Waals surface area (Å²) in [6.07, 6.45) is 0. The number of hydrogen-bond acceptors (Lipinski definition) is 6. The van der Waals surface area contributed by atoms with E-state index in [9.17, 15) is 15.2 Å². The van der Waals surface area contributed by atoms with Crippen molar-refractivity contribution in [1.29, 1.82) is 5.26 Å². The Morgan fingerprint density at radius 2 is 2.28 bits per heavy atom. The summed E-state index contributed by atoms with van der Waals surface area (Å²) in [6, 6.07) is 5.77. The molecule has 0 saturated carbocycles. The van der Waals surface area contributed by atoms with Crippen molar-refractivity contribution in [1.82, 2.24) is 0 Å². The zero-order chi connectivity index (χ0) is 13.8. The Morgan fingerprint density at radius 1 is 1.61 bits per heavy atom. The summed E-state index contributed by atoms with van der Waals surface area (Å²) in [5.74, 6) is 0. The molecule has 0 saturated heterocycles. The standard InChI is InChI=1S/C11H13N3O4/c1-11(16,7-15)6-13-9-3-2-8(5-12)10(4-9)14(17)18/h2-4,13,15-16H,6-7H2,1H3. The second-order valence-corrected chi connectivity index (χ2v) is 4.11. The maximum Gasteiger partial charge on any atom is 0.289 e. The van der Waals surface area contributed by atoms with Crippen LogP contribution in [-0.4, -0.2) is 33.9 Å². The molecule has 0 radical (unpaired) electrons. The van der Waals surface area contributed by atoms with Crippen LogP contribution in [0.3, 0.4) is 0 Å². The predicted octanol–water partition coefficient (Wildman–Crippen LogP) is 0.622. The monoisotopic (exact) mass is 251 g/mol. The number of nitrogens with zero attached hydrogens (tertiary/aromatic N) is 2. The Morgan fingerprint density at radius 3 is 2.78 bits per heavy atom. The van der Waals surface area contributed by atoms with Crippen LogP contribution < -0.4 is 5.32 Å². The predicted molar refractivity (Wildman–Crippen MR) is 64.0 cm³/mol. The van der Waals surface area contributed by atoms with E-state index in [1.165, 1.54) is 25.1 Å². The minimum absolute atomic E-state index is 0.0283. The topological polar surface area (TPSA) is 119 Å². The van der Waals surface area contributed by atoms with Crippen LogP contribution in [0.15, 0.2) is 18.2 Å². The molecular weight excluding hydrogens is 238 g/mol. The van der Waals surface area contributed by atoms with Crippen molar-refractivity contribution < 1.29 is 15.1 Å². The third kappa shape index (κ3) is 3.41. The molecule has 0 aliphatic carbocycles. The fourth-order valence-electron chi connectivity index (χ4n) is 1.24. The number of nitrogens with one attached hydrogen (secondary N) is 1. The van der Waals surface area contributed by atoms with Gasteiger partial charge in [-0.1, -0.05) is 0 Å². The van der Waals surface area contributed by atoms with E-state index in [1.54, 1.807) is 6.07 Å². The molecule has 18 heavy (non-hydrogen) atoms. The molecule has 1 unspecified atom stereocenters. The summed E-state index contributed by atoms with van der Waals surface area (Å²) < 4.78 is 0. The summed E-state index contributed by atoms with van der Waals surface area (Å²) >= 11 is 0. The maximum atomic E-state index is 10.7. The molecule has 0 fully saturated rings. The highest BCUT2D eigenvalue weighted by Crippen LogP contribution is 2.22. The van der Waals surface area contributed by atoms with Gasteiger partial charge in [0.15, 0.2) is 0 Å². The van der Waals surface area contributed by atoms with E-state index in [4.69, 9.17) is 10.4 Å².